The van der Waals surface area contributed by atoms with Gasteiger partial charge in [-0.25, -0.2) is 4.98 Å². The highest BCUT2D eigenvalue weighted by Crippen LogP contribution is 2.33. The van der Waals surface area contributed by atoms with Crippen LogP contribution in [0.1, 0.15) is 36.8 Å². The molecule has 7 nitrogen and oxygen atoms in total. The number of hydrogen-bond acceptors (Lipinski definition) is 7. The Labute approximate surface area is 237 Å². The molecule has 216 valence electrons. The molecule has 0 unspecified atom stereocenters. The maximum atomic E-state index is 12.9. The molecule has 0 radical (unpaired) electrons. The number of alkyl halides is 3. The normalized spacial score (nSPS) is 17.4. The smallest absolute Gasteiger partial charge is 0.416 e. The Hall–Kier alpha value is -4.05. The van der Waals surface area contributed by atoms with E-state index < -0.39 is 11.7 Å². The first kappa shape index (κ1) is 28.5. The summed E-state index contributed by atoms with van der Waals surface area (Å²) >= 11 is 0. The number of rotatable bonds is 9. The fourth-order valence-corrected chi connectivity index (χ4v) is 5.21. The topological polar surface area (TPSA) is 82.5 Å². The van der Waals surface area contributed by atoms with E-state index >= 15 is 0 Å². The minimum absolute atomic E-state index is 0.0986. The van der Waals surface area contributed by atoms with Crippen LogP contribution in [-0.4, -0.2) is 41.8 Å². The van der Waals surface area contributed by atoms with Crippen molar-refractivity contribution in [1.29, 1.82) is 0 Å². The molecule has 10 heteroatoms. The third kappa shape index (κ3) is 7.18. The summed E-state index contributed by atoms with van der Waals surface area (Å²) in [6, 6.07) is 17.6. The van der Waals surface area contributed by atoms with E-state index in [0.29, 0.717) is 36.0 Å². The zero-order chi connectivity index (χ0) is 29.0. The highest BCUT2D eigenvalue weighted by molar-refractivity contribution is 5.90. The van der Waals surface area contributed by atoms with Crippen LogP contribution in [0.5, 0.6) is 17.2 Å². The van der Waals surface area contributed by atoms with Crippen LogP contribution in [-0.2, 0) is 12.7 Å². The van der Waals surface area contributed by atoms with Crippen molar-refractivity contribution in [2.45, 2.75) is 44.4 Å². The van der Waals surface area contributed by atoms with Gasteiger partial charge in [0.1, 0.15) is 23.1 Å². The number of ether oxygens (including phenoxy) is 1. The van der Waals surface area contributed by atoms with Crippen molar-refractivity contribution < 1.29 is 23.0 Å². The molecule has 1 aromatic heterocycles. The highest BCUT2D eigenvalue weighted by Gasteiger charge is 2.30. The fourth-order valence-electron chi connectivity index (χ4n) is 5.21. The maximum Gasteiger partial charge on any atom is 0.416 e. The first-order valence-corrected chi connectivity index (χ1v) is 13.7. The Morgan fingerprint density at radius 2 is 1.68 bits per heavy atom. The molecule has 0 aliphatic heterocycles. The summed E-state index contributed by atoms with van der Waals surface area (Å²) in [5.74, 6) is 2.92. The molecule has 1 saturated carbocycles. The number of halogens is 3. The SMILES string of the molecule is CN(C)c1nc(NC2CCC(CNCc3cc(O)ccc3Oc3ccc(C(F)(F)F)cc3)CC2)nc2ccccc12. The van der Waals surface area contributed by atoms with E-state index in [1.54, 1.807) is 12.1 Å². The number of nitrogens with zero attached hydrogens (tertiary/aromatic N) is 3. The average Bonchev–Trinajstić information content (AvgIpc) is 2.94. The van der Waals surface area contributed by atoms with E-state index in [0.717, 1.165) is 66.6 Å². The number of aromatic nitrogens is 2. The highest BCUT2D eigenvalue weighted by atomic mass is 19.4. The summed E-state index contributed by atoms with van der Waals surface area (Å²) in [5.41, 5.74) is 0.913. The standard InChI is InChI=1S/C31H34F3N5O2/c1-39(2)29-26-5-3-4-6-27(26)37-30(38-29)36-23-11-7-20(8-12-23)18-35-19-21-17-24(40)13-16-28(21)41-25-14-9-22(10-15-25)31(32,33)34/h3-6,9-10,13-17,20,23,35,40H,7-8,11-12,18-19H2,1-2H3,(H,36,37,38). The Kier molecular flexibility index (Phi) is 8.49. The Bertz CT molecular complexity index is 1470. The molecule has 3 aromatic carbocycles. The minimum atomic E-state index is -4.40. The van der Waals surface area contributed by atoms with Gasteiger partial charge in [-0.3, -0.25) is 0 Å². The van der Waals surface area contributed by atoms with Crippen molar-refractivity contribution in [3.63, 3.8) is 0 Å². The number of phenols is 1. The molecule has 1 aliphatic carbocycles. The molecule has 0 amide bonds. The minimum Gasteiger partial charge on any atom is -0.508 e. The fraction of sp³-hybridized carbons (Fsp3) is 0.355. The lowest BCUT2D eigenvalue weighted by molar-refractivity contribution is -0.137. The number of aromatic hydroxyl groups is 1. The van der Waals surface area contributed by atoms with Crippen LogP contribution in [0, 0.1) is 5.92 Å². The van der Waals surface area contributed by atoms with Gasteiger partial charge in [-0.1, -0.05) is 12.1 Å². The predicted molar refractivity (Wildman–Crippen MR) is 155 cm³/mol. The van der Waals surface area contributed by atoms with Crippen LogP contribution in [0.4, 0.5) is 24.9 Å². The molecule has 0 spiro atoms. The van der Waals surface area contributed by atoms with Crippen molar-refractivity contribution in [2.75, 3.05) is 30.9 Å². The van der Waals surface area contributed by atoms with Crippen molar-refractivity contribution in [1.82, 2.24) is 15.3 Å². The van der Waals surface area contributed by atoms with E-state index in [9.17, 15) is 18.3 Å². The van der Waals surface area contributed by atoms with Gasteiger partial charge < -0.3 is 25.4 Å². The zero-order valence-corrected chi connectivity index (χ0v) is 23.1. The van der Waals surface area contributed by atoms with Gasteiger partial charge in [-0.2, -0.15) is 18.2 Å². The molecule has 3 N–H and O–H groups in total. The molecule has 1 fully saturated rings. The van der Waals surface area contributed by atoms with Crippen LogP contribution in [0.3, 0.4) is 0 Å². The number of hydrogen-bond donors (Lipinski definition) is 3. The summed E-state index contributed by atoms with van der Waals surface area (Å²) in [7, 11) is 3.97. The van der Waals surface area contributed by atoms with Crippen molar-refractivity contribution in [3.05, 3.63) is 77.9 Å². The summed E-state index contributed by atoms with van der Waals surface area (Å²) < 4.78 is 44.5. The van der Waals surface area contributed by atoms with Crippen LogP contribution in [0.15, 0.2) is 66.7 Å². The molecule has 0 saturated heterocycles. The third-order valence-electron chi connectivity index (χ3n) is 7.39. The van der Waals surface area contributed by atoms with Gasteiger partial charge >= 0.3 is 6.18 Å². The predicted octanol–water partition coefficient (Wildman–Crippen LogP) is 6.97. The van der Waals surface area contributed by atoms with Crippen LogP contribution in [0.25, 0.3) is 10.9 Å². The van der Waals surface area contributed by atoms with Crippen molar-refractivity contribution >= 4 is 22.7 Å². The number of fused-ring (bicyclic) bond motifs is 1. The lowest BCUT2D eigenvalue weighted by Crippen LogP contribution is -2.31. The van der Waals surface area contributed by atoms with Crippen LogP contribution < -0.4 is 20.3 Å². The van der Waals surface area contributed by atoms with Crippen molar-refractivity contribution in [2.24, 2.45) is 5.92 Å². The van der Waals surface area contributed by atoms with E-state index in [1.807, 2.05) is 43.3 Å². The first-order valence-electron chi connectivity index (χ1n) is 13.7. The van der Waals surface area contributed by atoms with Crippen molar-refractivity contribution in [3.8, 4) is 17.2 Å². The first-order chi connectivity index (χ1) is 19.7. The van der Waals surface area contributed by atoms with E-state index in [1.165, 1.54) is 18.2 Å². The average molecular weight is 566 g/mol. The number of para-hydroxylation sites is 1. The molecule has 41 heavy (non-hydrogen) atoms. The summed E-state index contributed by atoms with van der Waals surface area (Å²) in [5, 5.41) is 18.0. The van der Waals surface area contributed by atoms with Gasteiger partial charge in [0, 0.05) is 37.6 Å². The number of phenolic OH excluding ortho intramolecular Hbond substituents is 1. The lowest BCUT2D eigenvalue weighted by atomic mass is 9.86. The molecule has 5 rings (SSSR count). The van der Waals surface area contributed by atoms with Gasteiger partial charge in [0.15, 0.2) is 0 Å². The Balaban J connectivity index is 1.13. The maximum absolute atomic E-state index is 12.9. The van der Waals surface area contributed by atoms with E-state index in [2.05, 4.69) is 10.6 Å². The van der Waals surface area contributed by atoms with E-state index in [4.69, 9.17) is 14.7 Å². The molecule has 0 bridgehead atoms. The van der Waals surface area contributed by atoms with E-state index in [-0.39, 0.29) is 5.75 Å². The summed E-state index contributed by atoms with van der Waals surface area (Å²) in [6.07, 6.45) is -0.287. The van der Waals surface area contributed by atoms with Gasteiger partial charge in [0.2, 0.25) is 5.95 Å². The second-order valence-electron chi connectivity index (χ2n) is 10.7. The zero-order valence-electron chi connectivity index (χ0n) is 23.1. The monoisotopic (exact) mass is 565 g/mol. The largest absolute Gasteiger partial charge is 0.508 e. The second-order valence-corrected chi connectivity index (χ2v) is 10.7. The van der Waals surface area contributed by atoms with Gasteiger partial charge in [0.25, 0.3) is 0 Å². The number of anilines is 2. The second kappa shape index (κ2) is 12.2. The molecule has 1 aliphatic rings. The molecular formula is C31H34F3N5O2. The van der Waals surface area contributed by atoms with Gasteiger partial charge in [-0.05, 0) is 92.7 Å². The number of benzene rings is 3. The third-order valence-corrected chi connectivity index (χ3v) is 7.39. The molecule has 4 aromatic rings. The Morgan fingerprint density at radius 1 is 0.951 bits per heavy atom. The summed E-state index contributed by atoms with van der Waals surface area (Å²) in [6.45, 7) is 1.26. The van der Waals surface area contributed by atoms with Crippen LogP contribution >= 0.6 is 0 Å². The molecule has 1 heterocycles. The Morgan fingerprint density at radius 3 is 2.39 bits per heavy atom. The summed E-state index contributed by atoms with van der Waals surface area (Å²) in [4.78, 5) is 11.5. The number of nitrogens with one attached hydrogen (secondary N) is 2. The van der Waals surface area contributed by atoms with Gasteiger partial charge in [0.05, 0.1) is 11.1 Å². The van der Waals surface area contributed by atoms with Gasteiger partial charge in [-0.15, -0.1) is 0 Å². The lowest BCUT2D eigenvalue weighted by Gasteiger charge is -2.29. The molecule has 0 atom stereocenters. The molecular weight excluding hydrogens is 531 g/mol. The van der Waals surface area contributed by atoms with Crippen LogP contribution in [0.2, 0.25) is 0 Å². The quantitative estimate of drug-likeness (QED) is 0.202.